The van der Waals surface area contributed by atoms with Crippen LogP contribution in [0.15, 0.2) is 17.2 Å². The molecular weight excluding hydrogens is 220 g/mol. The van der Waals surface area contributed by atoms with Crippen LogP contribution in [0.2, 0.25) is 0 Å². The van der Waals surface area contributed by atoms with E-state index in [1.165, 1.54) is 12.4 Å². The first-order valence-electron chi connectivity index (χ1n) is 3.42. The molecule has 1 rings (SSSR count). The summed E-state index contributed by atoms with van der Waals surface area (Å²) < 4.78 is 0. The molecule has 0 saturated heterocycles. The number of aromatic amines is 1. The van der Waals surface area contributed by atoms with Crippen molar-refractivity contribution in [1.29, 1.82) is 0 Å². The van der Waals surface area contributed by atoms with Crippen molar-refractivity contribution in [1.82, 2.24) is 9.97 Å². The van der Waals surface area contributed by atoms with Crippen LogP contribution in [0, 0.1) is 11.8 Å². The molecule has 0 radical (unpaired) electrons. The van der Waals surface area contributed by atoms with E-state index in [2.05, 4.69) is 37.7 Å². The maximum Gasteiger partial charge on any atom is 0.266 e. The first-order chi connectivity index (χ1) is 5.83. The summed E-state index contributed by atoms with van der Waals surface area (Å²) in [6.07, 6.45) is 3.50. The molecule has 3 nitrogen and oxygen atoms in total. The molecule has 0 fully saturated rings. The largest absolute Gasteiger partial charge is 0.325 e. The smallest absolute Gasteiger partial charge is 0.266 e. The second kappa shape index (κ2) is 4.73. The molecule has 0 bridgehead atoms. The van der Waals surface area contributed by atoms with Crippen molar-refractivity contribution in [2.24, 2.45) is 0 Å². The molecule has 1 aromatic heterocycles. The predicted molar refractivity (Wildman–Crippen MR) is 50.1 cm³/mol. The molecule has 0 aliphatic heterocycles. The van der Waals surface area contributed by atoms with E-state index < -0.39 is 0 Å². The molecule has 0 amide bonds. The molecule has 0 unspecified atom stereocenters. The van der Waals surface area contributed by atoms with Gasteiger partial charge < -0.3 is 4.98 Å². The Hall–Kier alpha value is -1.08. The minimum atomic E-state index is -0.207. The summed E-state index contributed by atoms with van der Waals surface area (Å²) in [7, 11) is 0. The van der Waals surface area contributed by atoms with E-state index >= 15 is 0 Å². The topological polar surface area (TPSA) is 45.8 Å². The molecule has 4 heteroatoms. The lowest BCUT2D eigenvalue weighted by Crippen LogP contribution is -2.04. The number of rotatable bonds is 1. The van der Waals surface area contributed by atoms with E-state index in [0.717, 1.165) is 11.8 Å². The summed E-state index contributed by atoms with van der Waals surface area (Å²) in [5.41, 5.74) is 0.386. The van der Waals surface area contributed by atoms with Gasteiger partial charge in [0.15, 0.2) is 0 Å². The lowest BCUT2D eigenvalue weighted by molar-refractivity contribution is 1.12. The highest BCUT2D eigenvalue weighted by Gasteiger charge is 1.85. The monoisotopic (exact) mass is 226 g/mol. The molecule has 0 aromatic carbocycles. The summed E-state index contributed by atoms with van der Waals surface area (Å²) >= 11 is 3.25. The van der Waals surface area contributed by atoms with Crippen LogP contribution in [-0.4, -0.2) is 15.3 Å². The summed E-state index contributed by atoms with van der Waals surface area (Å²) in [6.45, 7) is 0. The number of aromatic nitrogens is 2. The van der Waals surface area contributed by atoms with Gasteiger partial charge in [0.1, 0.15) is 5.69 Å². The Balaban J connectivity index is 2.72. The van der Waals surface area contributed by atoms with Crippen LogP contribution in [-0.2, 0) is 0 Å². The third-order valence-electron chi connectivity index (χ3n) is 1.11. The molecule has 0 spiro atoms. The SMILES string of the molecule is O=c1cnc(C#CCCBr)c[nH]1. The molecule has 0 atom stereocenters. The zero-order chi connectivity index (χ0) is 8.81. The maximum absolute atomic E-state index is 10.6. The van der Waals surface area contributed by atoms with Gasteiger partial charge >= 0.3 is 0 Å². The van der Waals surface area contributed by atoms with Crippen LogP contribution in [0.5, 0.6) is 0 Å². The fourth-order valence-corrected chi connectivity index (χ4v) is 0.809. The van der Waals surface area contributed by atoms with Gasteiger partial charge in [-0.1, -0.05) is 21.9 Å². The van der Waals surface area contributed by atoms with Crippen molar-refractivity contribution in [3.63, 3.8) is 0 Å². The normalized spacial score (nSPS) is 8.75. The van der Waals surface area contributed by atoms with Gasteiger partial charge in [0.05, 0.1) is 6.20 Å². The number of hydrogen-bond donors (Lipinski definition) is 1. The highest BCUT2D eigenvalue weighted by molar-refractivity contribution is 9.09. The number of nitrogens with one attached hydrogen (secondary N) is 1. The Labute approximate surface area is 78.4 Å². The standard InChI is InChI=1S/C8H7BrN2O/c9-4-2-1-3-7-5-11-8(12)6-10-7/h5-6H,2,4H2,(H,11,12). The summed E-state index contributed by atoms with van der Waals surface area (Å²) in [5, 5.41) is 0.851. The lowest BCUT2D eigenvalue weighted by atomic mass is 10.4. The highest BCUT2D eigenvalue weighted by atomic mass is 79.9. The summed E-state index contributed by atoms with van der Waals surface area (Å²) in [5.74, 6) is 5.70. The summed E-state index contributed by atoms with van der Waals surface area (Å²) in [4.78, 5) is 16.9. The van der Waals surface area contributed by atoms with Crippen molar-refractivity contribution < 1.29 is 0 Å². The quantitative estimate of drug-likeness (QED) is 0.572. The minimum Gasteiger partial charge on any atom is -0.325 e. The third kappa shape index (κ3) is 2.89. The highest BCUT2D eigenvalue weighted by Crippen LogP contribution is 1.86. The first kappa shape index (κ1) is 9.01. The number of halogens is 1. The van der Waals surface area contributed by atoms with Gasteiger partial charge in [0, 0.05) is 17.9 Å². The Bertz CT molecular complexity index is 341. The second-order valence-electron chi connectivity index (χ2n) is 2.04. The summed E-state index contributed by atoms with van der Waals surface area (Å²) in [6, 6.07) is 0. The van der Waals surface area contributed by atoms with Crippen molar-refractivity contribution in [3.8, 4) is 11.8 Å². The number of nitrogens with zero attached hydrogens (tertiary/aromatic N) is 1. The van der Waals surface area contributed by atoms with Gasteiger partial charge in [-0.3, -0.25) is 4.79 Å². The van der Waals surface area contributed by atoms with Gasteiger partial charge in [0.2, 0.25) is 0 Å². The fourth-order valence-electron chi connectivity index (χ4n) is 0.611. The van der Waals surface area contributed by atoms with Crippen molar-refractivity contribution in [2.45, 2.75) is 6.42 Å². The number of hydrogen-bond acceptors (Lipinski definition) is 2. The minimum absolute atomic E-state index is 0.207. The Morgan fingerprint density at radius 2 is 2.50 bits per heavy atom. The Morgan fingerprint density at radius 1 is 1.67 bits per heavy atom. The zero-order valence-corrected chi connectivity index (χ0v) is 7.89. The second-order valence-corrected chi connectivity index (χ2v) is 2.83. The molecule has 62 valence electrons. The van der Waals surface area contributed by atoms with Crippen LogP contribution < -0.4 is 5.56 Å². The van der Waals surface area contributed by atoms with Crippen LogP contribution >= 0.6 is 15.9 Å². The Kier molecular flexibility index (Phi) is 3.55. The van der Waals surface area contributed by atoms with Gasteiger partial charge in [-0.05, 0) is 5.92 Å². The Morgan fingerprint density at radius 3 is 3.08 bits per heavy atom. The van der Waals surface area contributed by atoms with E-state index in [1.807, 2.05) is 0 Å². The molecule has 0 aliphatic rings. The van der Waals surface area contributed by atoms with Gasteiger partial charge in [-0.2, -0.15) is 0 Å². The third-order valence-corrected chi connectivity index (χ3v) is 1.50. The van der Waals surface area contributed by atoms with Crippen LogP contribution in [0.1, 0.15) is 12.1 Å². The van der Waals surface area contributed by atoms with E-state index in [-0.39, 0.29) is 5.56 Å². The maximum atomic E-state index is 10.6. The van der Waals surface area contributed by atoms with Gasteiger partial charge in [-0.25, -0.2) is 4.98 Å². The van der Waals surface area contributed by atoms with Crippen LogP contribution in [0.25, 0.3) is 0 Å². The fraction of sp³-hybridized carbons (Fsp3) is 0.250. The number of H-pyrrole nitrogens is 1. The van der Waals surface area contributed by atoms with E-state index in [0.29, 0.717) is 5.69 Å². The average Bonchev–Trinajstić information content (AvgIpc) is 2.09. The molecule has 1 heterocycles. The van der Waals surface area contributed by atoms with E-state index in [9.17, 15) is 4.79 Å². The van der Waals surface area contributed by atoms with Gasteiger partial charge in [0.25, 0.3) is 5.56 Å². The van der Waals surface area contributed by atoms with Crippen molar-refractivity contribution in [2.75, 3.05) is 5.33 Å². The molecule has 0 saturated carbocycles. The zero-order valence-electron chi connectivity index (χ0n) is 6.30. The molecule has 0 aliphatic carbocycles. The van der Waals surface area contributed by atoms with E-state index in [1.54, 1.807) is 0 Å². The predicted octanol–water partition coefficient (Wildman–Crippen LogP) is 0.906. The van der Waals surface area contributed by atoms with Gasteiger partial charge in [-0.15, -0.1) is 0 Å². The molecule has 1 N–H and O–H groups in total. The lowest BCUT2D eigenvalue weighted by Gasteiger charge is -1.85. The molecular formula is C8H7BrN2O. The first-order valence-corrected chi connectivity index (χ1v) is 4.54. The van der Waals surface area contributed by atoms with Crippen molar-refractivity contribution in [3.05, 3.63) is 28.4 Å². The molecule has 12 heavy (non-hydrogen) atoms. The molecule has 1 aromatic rings. The number of alkyl halides is 1. The van der Waals surface area contributed by atoms with Crippen LogP contribution in [0.3, 0.4) is 0 Å². The van der Waals surface area contributed by atoms with E-state index in [4.69, 9.17) is 0 Å². The average molecular weight is 227 g/mol. The van der Waals surface area contributed by atoms with Crippen molar-refractivity contribution >= 4 is 15.9 Å². The van der Waals surface area contributed by atoms with Crippen LogP contribution in [0.4, 0.5) is 0 Å².